The van der Waals surface area contributed by atoms with Crippen molar-refractivity contribution in [2.75, 3.05) is 18.5 Å². The van der Waals surface area contributed by atoms with Crippen molar-refractivity contribution in [1.82, 2.24) is 10.2 Å². The number of anilines is 1. The molecule has 0 saturated carbocycles. The van der Waals surface area contributed by atoms with Gasteiger partial charge in [-0.05, 0) is 29.8 Å². The van der Waals surface area contributed by atoms with Gasteiger partial charge in [-0.1, -0.05) is 41.4 Å². The van der Waals surface area contributed by atoms with Crippen LogP contribution in [0, 0.1) is 5.82 Å². The van der Waals surface area contributed by atoms with Crippen molar-refractivity contribution >= 4 is 46.8 Å². The zero-order chi connectivity index (χ0) is 21.4. The fourth-order valence-electron chi connectivity index (χ4n) is 3.35. The molecule has 0 saturated heterocycles. The first-order valence-electron chi connectivity index (χ1n) is 8.82. The Labute approximate surface area is 180 Å². The number of amides is 3. The normalized spacial score (nSPS) is 18.1. The summed E-state index contributed by atoms with van der Waals surface area (Å²) in [5.74, 6) is -1.80. The van der Waals surface area contributed by atoms with Crippen molar-refractivity contribution in [3.63, 3.8) is 0 Å². The zero-order valence-corrected chi connectivity index (χ0v) is 16.8. The highest BCUT2D eigenvalue weighted by atomic mass is 35.5. The molecule has 3 amide bonds. The summed E-state index contributed by atoms with van der Waals surface area (Å²) < 4.78 is 18.5. The number of hydrogen-bond donors (Lipinski definition) is 2. The lowest BCUT2D eigenvalue weighted by atomic mass is 9.95. The molecule has 2 aromatic rings. The fourth-order valence-corrected chi connectivity index (χ4v) is 3.76. The van der Waals surface area contributed by atoms with Crippen LogP contribution in [0.2, 0.25) is 10.0 Å². The predicted molar refractivity (Wildman–Crippen MR) is 107 cm³/mol. The van der Waals surface area contributed by atoms with Gasteiger partial charge in [-0.25, -0.2) is 14.0 Å². The molecule has 2 heterocycles. The first-order valence-corrected chi connectivity index (χ1v) is 9.58. The third-order valence-corrected chi connectivity index (χ3v) is 5.39. The topological polar surface area (TPSA) is 87.7 Å². The molecular formula is C20H14Cl2FN3O4. The Kier molecular flexibility index (Phi) is 5.36. The van der Waals surface area contributed by atoms with E-state index in [2.05, 4.69) is 10.6 Å². The van der Waals surface area contributed by atoms with Crippen molar-refractivity contribution in [3.05, 3.63) is 75.2 Å². The highest BCUT2D eigenvalue weighted by molar-refractivity contribution is 6.33. The minimum Gasteiger partial charge on any atom is -0.456 e. The summed E-state index contributed by atoms with van der Waals surface area (Å²) in [4.78, 5) is 38.7. The van der Waals surface area contributed by atoms with Gasteiger partial charge < -0.3 is 15.4 Å². The van der Waals surface area contributed by atoms with Crippen LogP contribution in [0.3, 0.4) is 0 Å². The summed E-state index contributed by atoms with van der Waals surface area (Å²) in [6.45, 7) is -0.583. The minimum absolute atomic E-state index is 0.0704. The molecule has 2 aliphatic heterocycles. The molecule has 0 aromatic heterocycles. The van der Waals surface area contributed by atoms with Crippen molar-refractivity contribution < 1.29 is 23.5 Å². The number of nitrogens with one attached hydrogen (secondary N) is 2. The average molecular weight is 450 g/mol. The molecule has 0 bridgehead atoms. The lowest BCUT2D eigenvalue weighted by molar-refractivity contribution is -0.136. The van der Waals surface area contributed by atoms with Crippen molar-refractivity contribution in [2.45, 2.75) is 6.04 Å². The lowest BCUT2D eigenvalue weighted by Crippen LogP contribution is -2.49. The Morgan fingerprint density at radius 2 is 1.97 bits per heavy atom. The summed E-state index contributed by atoms with van der Waals surface area (Å²) in [5.41, 5.74) is 1.09. The average Bonchev–Trinajstić information content (AvgIpc) is 3.09. The second kappa shape index (κ2) is 7.97. The van der Waals surface area contributed by atoms with E-state index in [1.807, 2.05) is 0 Å². The summed E-state index contributed by atoms with van der Waals surface area (Å²) in [6, 6.07) is 8.93. The molecule has 0 aliphatic carbocycles. The van der Waals surface area contributed by atoms with Crippen molar-refractivity contribution in [3.8, 4) is 0 Å². The molecule has 2 N–H and O–H groups in total. The number of benzene rings is 2. The molecule has 2 aromatic carbocycles. The van der Waals surface area contributed by atoms with Crippen LogP contribution in [0.1, 0.15) is 11.6 Å². The maximum atomic E-state index is 13.4. The van der Waals surface area contributed by atoms with Gasteiger partial charge in [0, 0.05) is 5.02 Å². The Morgan fingerprint density at radius 3 is 2.73 bits per heavy atom. The number of rotatable bonds is 4. The quantitative estimate of drug-likeness (QED) is 0.697. The molecule has 0 spiro atoms. The van der Waals surface area contributed by atoms with Crippen LogP contribution in [-0.4, -0.2) is 36.0 Å². The molecule has 7 nitrogen and oxygen atoms in total. The smallest absolute Gasteiger partial charge is 0.338 e. The third-order valence-electron chi connectivity index (χ3n) is 4.72. The Bertz CT molecular complexity index is 1110. The molecular weight excluding hydrogens is 436 g/mol. The number of carbonyl (C=O) groups excluding carboxylic acids is 3. The number of cyclic esters (lactones) is 1. The molecule has 0 radical (unpaired) electrons. The van der Waals surface area contributed by atoms with Gasteiger partial charge in [0.25, 0.3) is 0 Å². The lowest BCUT2D eigenvalue weighted by Gasteiger charge is -2.32. The van der Waals surface area contributed by atoms with Crippen LogP contribution in [-0.2, 0) is 14.3 Å². The first-order chi connectivity index (χ1) is 14.3. The van der Waals surface area contributed by atoms with E-state index < -0.39 is 36.3 Å². The number of hydrogen-bond acceptors (Lipinski definition) is 4. The molecule has 30 heavy (non-hydrogen) atoms. The standard InChI is InChI=1S/C20H14Cl2FN3O4/c21-12-4-2-1-3-11(12)18-17-15(9-30-19(17)28)26(20(29)25-18)8-16(27)24-14-7-10(23)5-6-13(14)22/h1-7,18H,8-9H2,(H,24,27)(H,25,29). The summed E-state index contributed by atoms with van der Waals surface area (Å²) in [7, 11) is 0. The highest BCUT2D eigenvalue weighted by Gasteiger charge is 2.43. The number of halogens is 3. The van der Waals surface area contributed by atoms with Gasteiger partial charge in [0.1, 0.15) is 19.0 Å². The largest absolute Gasteiger partial charge is 0.456 e. The Hall–Kier alpha value is -3.10. The highest BCUT2D eigenvalue weighted by Crippen LogP contribution is 2.37. The minimum atomic E-state index is -0.798. The van der Waals surface area contributed by atoms with Crippen molar-refractivity contribution in [1.29, 1.82) is 0 Å². The van der Waals surface area contributed by atoms with Crippen molar-refractivity contribution in [2.24, 2.45) is 0 Å². The number of ether oxygens (including phenoxy) is 1. The van der Waals surface area contributed by atoms with Gasteiger partial charge in [-0.2, -0.15) is 0 Å². The predicted octanol–water partition coefficient (Wildman–Crippen LogP) is 3.65. The second-order valence-corrected chi connectivity index (χ2v) is 7.41. The third kappa shape index (κ3) is 3.71. The van der Waals surface area contributed by atoms with Crippen LogP contribution < -0.4 is 10.6 Å². The van der Waals surface area contributed by atoms with E-state index >= 15 is 0 Å². The molecule has 4 rings (SSSR count). The molecule has 10 heteroatoms. The van der Waals surface area contributed by atoms with Gasteiger partial charge in [-0.15, -0.1) is 0 Å². The van der Waals surface area contributed by atoms with E-state index in [0.717, 1.165) is 17.0 Å². The van der Waals surface area contributed by atoms with E-state index in [1.54, 1.807) is 24.3 Å². The summed E-state index contributed by atoms with van der Waals surface area (Å²) in [6.07, 6.45) is 0. The first kappa shape index (κ1) is 20.2. The van der Waals surface area contributed by atoms with Gasteiger partial charge in [-0.3, -0.25) is 9.69 Å². The second-order valence-electron chi connectivity index (χ2n) is 6.60. The van der Waals surface area contributed by atoms with Crippen LogP contribution in [0.25, 0.3) is 0 Å². The number of carbonyl (C=O) groups is 3. The van der Waals surface area contributed by atoms with Gasteiger partial charge in [0.05, 0.1) is 28.0 Å². The molecule has 1 atom stereocenters. The monoisotopic (exact) mass is 449 g/mol. The molecule has 1 unspecified atom stereocenters. The van der Waals surface area contributed by atoms with E-state index in [4.69, 9.17) is 27.9 Å². The SMILES string of the molecule is O=C(CN1C(=O)NC(c2ccccc2Cl)C2=C1COC2=O)Nc1cc(F)ccc1Cl. The Morgan fingerprint density at radius 1 is 1.20 bits per heavy atom. The van der Waals surface area contributed by atoms with Gasteiger partial charge in [0.15, 0.2) is 0 Å². The zero-order valence-electron chi connectivity index (χ0n) is 15.2. The van der Waals surface area contributed by atoms with Gasteiger partial charge >= 0.3 is 12.0 Å². The summed E-state index contributed by atoms with van der Waals surface area (Å²) in [5, 5.41) is 5.67. The molecule has 154 valence electrons. The van der Waals surface area contributed by atoms with E-state index in [9.17, 15) is 18.8 Å². The van der Waals surface area contributed by atoms with E-state index in [0.29, 0.717) is 10.6 Å². The molecule has 2 aliphatic rings. The Balaban J connectivity index is 1.62. The van der Waals surface area contributed by atoms with Gasteiger partial charge in [0.2, 0.25) is 5.91 Å². The maximum absolute atomic E-state index is 13.4. The van der Waals surface area contributed by atoms with E-state index in [1.165, 1.54) is 6.07 Å². The van der Waals surface area contributed by atoms with E-state index in [-0.39, 0.29) is 28.6 Å². The van der Waals surface area contributed by atoms with Crippen LogP contribution in [0.4, 0.5) is 14.9 Å². The fraction of sp³-hybridized carbons (Fsp3) is 0.150. The van der Waals surface area contributed by atoms with Crippen LogP contribution in [0.15, 0.2) is 53.7 Å². The number of urea groups is 1. The maximum Gasteiger partial charge on any atom is 0.338 e. The van der Waals surface area contributed by atoms with Crippen LogP contribution in [0.5, 0.6) is 0 Å². The summed E-state index contributed by atoms with van der Waals surface area (Å²) >= 11 is 12.2. The number of esters is 1. The van der Waals surface area contributed by atoms with Crippen LogP contribution >= 0.6 is 23.2 Å². The number of nitrogens with zero attached hydrogens (tertiary/aromatic N) is 1. The molecule has 0 fully saturated rings.